The lowest BCUT2D eigenvalue weighted by atomic mass is 10.1. The molecule has 6 heteroatoms. The zero-order chi connectivity index (χ0) is 13.4. The van der Waals surface area contributed by atoms with Crippen LogP contribution in [0.4, 0.5) is 10.1 Å². The van der Waals surface area contributed by atoms with Gasteiger partial charge in [0.25, 0.3) is 5.91 Å². The van der Waals surface area contributed by atoms with E-state index >= 15 is 0 Å². The van der Waals surface area contributed by atoms with E-state index in [2.05, 4.69) is 10.7 Å². The summed E-state index contributed by atoms with van der Waals surface area (Å²) in [6, 6.07) is 4.23. The Morgan fingerprint density at radius 2 is 2.22 bits per heavy atom. The Kier molecular flexibility index (Phi) is 6.10. The SMILES string of the molecule is COCCCCNC(=O)c1cccc(F)c1NN. The van der Waals surface area contributed by atoms with Crippen LogP contribution in [0.25, 0.3) is 0 Å². The summed E-state index contributed by atoms with van der Waals surface area (Å²) in [4.78, 5) is 11.8. The highest BCUT2D eigenvalue weighted by Gasteiger charge is 2.13. The Hall–Kier alpha value is -1.66. The number of nitrogens with two attached hydrogens (primary N) is 1. The molecular weight excluding hydrogens is 237 g/mol. The van der Waals surface area contributed by atoms with Crippen molar-refractivity contribution in [3.05, 3.63) is 29.6 Å². The molecule has 0 radical (unpaired) electrons. The van der Waals surface area contributed by atoms with Gasteiger partial charge in [0.2, 0.25) is 0 Å². The molecule has 0 heterocycles. The number of unbranched alkanes of at least 4 members (excludes halogenated alkanes) is 1. The van der Waals surface area contributed by atoms with E-state index in [9.17, 15) is 9.18 Å². The van der Waals surface area contributed by atoms with Crippen molar-refractivity contribution in [2.45, 2.75) is 12.8 Å². The summed E-state index contributed by atoms with van der Waals surface area (Å²) >= 11 is 0. The predicted octanol–water partition coefficient (Wildman–Crippen LogP) is 1.27. The molecule has 1 aromatic rings. The number of nitrogen functional groups attached to an aromatic ring is 1. The lowest BCUT2D eigenvalue weighted by Gasteiger charge is -2.10. The van der Waals surface area contributed by atoms with E-state index in [1.165, 1.54) is 18.2 Å². The molecule has 0 spiro atoms. The number of hydrogen-bond donors (Lipinski definition) is 3. The number of anilines is 1. The third kappa shape index (κ3) is 3.97. The Labute approximate surface area is 105 Å². The van der Waals surface area contributed by atoms with Crippen LogP contribution < -0.4 is 16.6 Å². The van der Waals surface area contributed by atoms with Crippen LogP contribution in [0.2, 0.25) is 0 Å². The molecule has 5 nitrogen and oxygen atoms in total. The fourth-order valence-corrected chi connectivity index (χ4v) is 1.53. The van der Waals surface area contributed by atoms with E-state index < -0.39 is 5.82 Å². The van der Waals surface area contributed by atoms with Crippen LogP contribution in [0.1, 0.15) is 23.2 Å². The molecule has 0 aliphatic rings. The molecule has 0 bridgehead atoms. The standard InChI is InChI=1S/C12H18FN3O2/c1-18-8-3-2-7-15-12(17)9-5-4-6-10(13)11(9)16-14/h4-6,16H,2-3,7-8,14H2,1H3,(H,15,17). The zero-order valence-electron chi connectivity index (χ0n) is 10.3. The molecule has 100 valence electrons. The third-order valence-electron chi connectivity index (χ3n) is 2.46. The average molecular weight is 255 g/mol. The smallest absolute Gasteiger partial charge is 0.253 e. The molecular formula is C12H18FN3O2. The Balaban J connectivity index is 2.54. The van der Waals surface area contributed by atoms with Gasteiger partial charge in [-0.25, -0.2) is 4.39 Å². The van der Waals surface area contributed by atoms with E-state index in [1.54, 1.807) is 7.11 Å². The fraction of sp³-hybridized carbons (Fsp3) is 0.417. The summed E-state index contributed by atoms with van der Waals surface area (Å²) in [6.45, 7) is 1.17. The first-order valence-corrected chi connectivity index (χ1v) is 5.73. The van der Waals surface area contributed by atoms with E-state index in [0.717, 1.165) is 12.8 Å². The summed E-state index contributed by atoms with van der Waals surface area (Å²) in [5.41, 5.74) is 2.40. The summed E-state index contributed by atoms with van der Waals surface area (Å²) in [7, 11) is 1.63. The number of ether oxygens (including phenoxy) is 1. The third-order valence-corrected chi connectivity index (χ3v) is 2.46. The van der Waals surface area contributed by atoms with Crippen LogP contribution in [0.3, 0.4) is 0 Å². The molecule has 0 aliphatic carbocycles. The first kappa shape index (κ1) is 14.4. The van der Waals surface area contributed by atoms with E-state index in [4.69, 9.17) is 10.6 Å². The maximum absolute atomic E-state index is 13.4. The van der Waals surface area contributed by atoms with Gasteiger partial charge in [0.05, 0.1) is 11.3 Å². The van der Waals surface area contributed by atoms with Crippen LogP contribution in [-0.2, 0) is 4.74 Å². The number of hydrogen-bond acceptors (Lipinski definition) is 4. The molecule has 0 unspecified atom stereocenters. The van der Waals surface area contributed by atoms with Gasteiger partial charge in [-0.2, -0.15) is 0 Å². The van der Waals surface area contributed by atoms with Crippen molar-refractivity contribution < 1.29 is 13.9 Å². The van der Waals surface area contributed by atoms with Gasteiger partial charge in [-0.15, -0.1) is 0 Å². The molecule has 1 aromatic carbocycles. The Morgan fingerprint density at radius 3 is 2.89 bits per heavy atom. The number of para-hydroxylation sites is 1. The Bertz CT molecular complexity index is 399. The van der Waals surface area contributed by atoms with Crippen molar-refractivity contribution in [1.29, 1.82) is 0 Å². The maximum atomic E-state index is 13.4. The predicted molar refractivity (Wildman–Crippen MR) is 67.7 cm³/mol. The molecule has 0 saturated carbocycles. The van der Waals surface area contributed by atoms with Gasteiger partial charge in [-0.1, -0.05) is 6.07 Å². The highest BCUT2D eigenvalue weighted by molar-refractivity contribution is 5.99. The number of carbonyl (C=O) groups excluding carboxylic acids is 1. The lowest BCUT2D eigenvalue weighted by Crippen LogP contribution is -2.26. The quantitative estimate of drug-likeness (QED) is 0.389. The van der Waals surface area contributed by atoms with Crippen molar-refractivity contribution in [2.24, 2.45) is 5.84 Å². The van der Waals surface area contributed by atoms with Crippen LogP contribution >= 0.6 is 0 Å². The van der Waals surface area contributed by atoms with E-state index in [1.807, 2.05) is 0 Å². The topological polar surface area (TPSA) is 76.4 Å². The van der Waals surface area contributed by atoms with Gasteiger partial charge < -0.3 is 15.5 Å². The molecule has 0 saturated heterocycles. The highest BCUT2D eigenvalue weighted by atomic mass is 19.1. The minimum Gasteiger partial charge on any atom is -0.385 e. The second kappa shape index (κ2) is 7.62. The number of nitrogens with one attached hydrogen (secondary N) is 2. The second-order valence-corrected chi connectivity index (χ2v) is 3.76. The molecule has 0 aromatic heterocycles. The fourth-order valence-electron chi connectivity index (χ4n) is 1.53. The van der Waals surface area contributed by atoms with Crippen molar-refractivity contribution in [2.75, 3.05) is 25.7 Å². The van der Waals surface area contributed by atoms with Gasteiger partial charge in [0.15, 0.2) is 0 Å². The molecule has 0 atom stereocenters. The molecule has 0 aliphatic heterocycles. The van der Waals surface area contributed by atoms with Crippen molar-refractivity contribution in [1.82, 2.24) is 5.32 Å². The first-order valence-electron chi connectivity index (χ1n) is 5.73. The van der Waals surface area contributed by atoms with Gasteiger partial charge in [-0.05, 0) is 25.0 Å². The summed E-state index contributed by atoms with van der Waals surface area (Å²) in [6.07, 6.45) is 1.67. The molecule has 0 fully saturated rings. The molecule has 18 heavy (non-hydrogen) atoms. The van der Waals surface area contributed by atoms with Crippen molar-refractivity contribution >= 4 is 11.6 Å². The first-order chi connectivity index (χ1) is 8.70. The largest absolute Gasteiger partial charge is 0.385 e. The summed E-state index contributed by atoms with van der Waals surface area (Å²) in [5, 5.41) is 2.70. The van der Waals surface area contributed by atoms with Crippen molar-refractivity contribution in [3.63, 3.8) is 0 Å². The zero-order valence-corrected chi connectivity index (χ0v) is 10.3. The molecule has 4 N–H and O–H groups in total. The molecule has 1 rings (SSSR count). The maximum Gasteiger partial charge on any atom is 0.253 e. The van der Waals surface area contributed by atoms with E-state index in [-0.39, 0.29) is 17.2 Å². The van der Waals surface area contributed by atoms with Crippen molar-refractivity contribution in [3.8, 4) is 0 Å². The van der Waals surface area contributed by atoms with Gasteiger partial charge >= 0.3 is 0 Å². The van der Waals surface area contributed by atoms with Crippen LogP contribution in [-0.4, -0.2) is 26.2 Å². The van der Waals surface area contributed by atoms with Gasteiger partial charge in [0.1, 0.15) is 5.82 Å². The second-order valence-electron chi connectivity index (χ2n) is 3.76. The lowest BCUT2D eigenvalue weighted by molar-refractivity contribution is 0.0952. The van der Waals surface area contributed by atoms with Crippen LogP contribution in [0.5, 0.6) is 0 Å². The van der Waals surface area contributed by atoms with E-state index in [0.29, 0.717) is 13.2 Å². The Morgan fingerprint density at radius 1 is 1.44 bits per heavy atom. The number of methoxy groups -OCH3 is 1. The number of carbonyl (C=O) groups is 1. The number of halogens is 1. The van der Waals surface area contributed by atoms with Crippen LogP contribution in [0, 0.1) is 5.82 Å². The normalized spacial score (nSPS) is 10.2. The van der Waals surface area contributed by atoms with Crippen LogP contribution in [0.15, 0.2) is 18.2 Å². The summed E-state index contributed by atoms with van der Waals surface area (Å²) < 4.78 is 18.3. The number of hydrazine groups is 1. The minimum absolute atomic E-state index is 0.00638. The number of benzene rings is 1. The van der Waals surface area contributed by atoms with Gasteiger partial charge in [-0.3, -0.25) is 10.6 Å². The number of amides is 1. The monoisotopic (exact) mass is 255 g/mol. The highest BCUT2D eigenvalue weighted by Crippen LogP contribution is 2.18. The van der Waals surface area contributed by atoms with Gasteiger partial charge in [0, 0.05) is 20.3 Å². The minimum atomic E-state index is -0.551. The molecule has 1 amide bonds. The number of rotatable bonds is 7. The summed E-state index contributed by atoms with van der Waals surface area (Å²) in [5.74, 6) is 4.30. The average Bonchev–Trinajstić information content (AvgIpc) is 2.38.